The van der Waals surface area contributed by atoms with E-state index < -0.39 is 36.8 Å². The molecule has 0 aliphatic rings. The van der Waals surface area contributed by atoms with Gasteiger partial charge >= 0.3 is 12.5 Å². The average molecular weight is 409 g/mol. The number of hydrogen-bond donors (Lipinski definition) is 1. The molecular weight excluding hydrogens is 396 g/mol. The van der Waals surface area contributed by atoms with E-state index in [9.17, 15) is 31.1 Å². The molecule has 0 saturated heterocycles. The van der Waals surface area contributed by atoms with Crippen molar-refractivity contribution < 1.29 is 40.6 Å². The van der Waals surface area contributed by atoms with Gasteiger partial charge in [0.25, 0.3) is 5.91 Å². The highest BCUT2D eigenvalue weighted by atomic mass is 19.4. The minimum absolute atomic E-state index is 0.0910. The predicted octanol–water partition coefficient (Wildman–Crippen LogP) is 3.81. The topological polar surface area (TPSA) is 73.3 Å². The van der Waals surface area contributed by atoms with Crippen LogP contribution >= 0.6 is 0 Å². The van der Waals surface area contributed by atoms with Crippen molar-refractivity contribution >= 4 is 5.91 Å². The van der Waals surface area contributed by atoms with Crippen LogP contribution in [0, 0.1) is 0 Å². The van der Waals surface area contributed by atoms with Crippen molar-refractivity contribution in [3.63, 3.8) is 0 Å². The van der Waals surface area contributed by atoms with Gasteiger partial charge < -0.3 is 14.8 Å². The third kappa shape index (κ3) is 6.93. The van der Waals surface area contributed by atoms with E-state index in [0.29, 0.717) is 0 Å². The highest BCUT2D eigenvalue weighted by molar-refractivity contribution is 5.94. The number of amides is 1. The summed E-state index contributed by atoms with van der Waals surface area (Å²) in [6.45, 7) is -0.0160. The molecule has 0 aliphatic heterocycles. The minimum Gasteiger partial charge on any atom is -0.467 e. The molecule has 0 saturated carbocycles. The van der Waals surface area contributed by atoms with Crippen LogP contribution in [0.4, 0.5) is 26.3 Å². The summed E-state index contributed by atoms with van der Waals surface area (Å²) in [4.78, 5) is 19.7. The van der Waals surface area contributed by atoms with Crippen LogP contribution in [-0.2, 0) is 0 Å². The van der Waals surface area contributed by atoms with Crippen molar-refractivity contribution in [1.29, 1.82) is 0 Å². The Labute approximate surface area is 154 Å². The first kappa shape index (κ1) is 21.3. The molecule has 1 aromatic heterocycles. The second-order valence-corrected chi connectivity index (χ2v) is 5.45. The second kappa shape index (κ2) is 8.31. The molecule has 1 heterocycles. The molecule has 0 fully saturated rings. The van der Waals surface area contributed by atoms with E-state index in [2.05, 4.69) is 24.8 Å². The lowest BCUT2D eigenvalue weighted by molar-refractivity contribution is -0.274. The van der Waals surface area contributed by atoms with Gasteiger partial charge in [0, 0.05) is 5.56 Å². The van der Waals surface area contributed by atoms with Crippen LogP contribution in [0.5, 0.6) is 11.6 Å². The molecule has 0 aliphatic carbocycles. The van der Waals surface area contributed by atoms with Crippen molar-refractivity contribution in [2.45, 2.75) is 25.5 Å². The lowest BCUT2D eigenvalue weighted by Crippen LogP contribution is -2.27. The Balaban J connectivity index is 1.99. The van der Waals surface area contributed by atoms with E-state index in [1.165, 1.54) is 19.1 Å². The van der Waals surface area contributed by atoms with Crippen LogP contribution in [0.2, 0.25) is 0 Å². The van der Waals surface area contributed by atoms with E-state index in [1.807, 2.05) is 0 Å². The molecule has 12 heteroatoms. The van der Waals surface area contributed by atoms with E-state index in [0.717, 1.165) is 24.5 Å². The van der Waals surface area contributed by atoms with Crippen LogP contribution in [0.15, 0.2) is 36.7 Å². The zero-order valence-corrected chi connectivity index (χ0v) is 14.1. The summed E-state index contributed by atoms with van der Waals surface area (Å²) in [5.74, 6) is -1.62. The third-order valence-electron chi connectivity index (χ3n) is 3.15. The molecule has 152 valence electrons. The standard InChI is InChI=1S/C16H13F6N3O3/c1-9(12-6-24-13(7-23-12)27-8-15(17,18)19)25-14(26)10-3-2-4-11(5-10)28-16(20,21)22/h2-7,9H,8H2,1H3,(H,25,26). The van der Waals surface area contributed by atoms with Crippen molar-refractivity contribution in [2.24, 2.45) is 0 Å². The van der Waals surface area contributed by atoms with E-state index >= 15 is 0 Å². The molecule has 1 atom stereocenters. The third-order valence-corrected chi connectivity index (χ3v) is 3.15. The SMILES string of the molecule is CC(NC(=O)c1cccc(OC(F)(F)F)c1)c1cnc(OCC(F)(F)F)cn1. The van der Waals surface area contributed by atoms with Crippen LogP contribution < -0.4 is 14.8 Å². The fourth-order valence-corrected chi connectivity index (χ4v) is 1.97. The number of alkyl halides is 6. The van der Waals surface area contributed by atoms with E-state index in [-0.39, 0.29) is 17.1 Å². The van der Waals surface area contributed by atoms with Gasteiger partial charge in [0.2, 0.25) is 5.88 Å². The maximum atomic E-state index is 12.2. The number of aromatic nitrogens is 2. The normalized spacial score (nSPS) is 13.0. The molecule has 1 unspecified atom stereocenters. The number of ether oxygens (including phenoxy) is 2. The summed E-state index contributed by atoms with van der Waals surface area (Å²) in [5, 5.41) is 2.48. The molecule has 0 bridgehead atoms. The number of halogens is 6. The van der Waals surface area contributed by atoms with Crippen molar-refractivity contribution in [3.8, 4) is 11.6 Å². The van der Waals surface area contributed by atoms with Gasteiger partial charge in [0.05, 0.1) is 24.1 Å². The van der Waals surface area contributed by atoms with Gasteiger partial charge in [-0.15, -0.1) is 13.2 Å². The van der Waals surface area contributed by atoms with Gasteiger partial charge in [-0.1, -0.05) is 6.07 Å². The Morgan fingerprint density at radius 3 is 2.43 bits per heavy atom. The first-order valence-corrected chi connectivity index (χ1v) is 7.61. The fraction of sp³-hybridized carbons (Fsp3) is 0.312. The first-order chi connectivity index (χ1) is 12.9. The maximum absolute atomic E-state index is 12.2. The number of hydrogen-bond acceptors (Lipinski definition) is 5. The number of carbonyl (C=O) groups excluding carboxylic acids is 1. The average Bonchev–Trinajstić information content (AvgIpc) is 2.58. The highest BCUT2D eigenvalue weighted by Gasteiger charge is 2.31. The van der Waals surface area contributed by atoms with Crippen molar-refractivity contribution in [2.75, 3.05) is 6.61 Å². The Hall–Kier alpha value is -3.05. The summed E-state index contributed by atoms with van der Waals surface area (Å²) in [6, 6.07) is 3.72. The van der Waals surface area contributed by atoms with Crippen LogP contribution in [0.1, 0.15) is 29.0 Å². The predicted molar refractivity (Wildman–Crippen MR) is 82.6 cm³/mol. The quantitative estimate of drug-likeness (QED) is 0.735. The summed E-state index contributed by atoms with van der Waals surface area (Å²) in [6.07, 6.45) is -7.35. The zero-order chi connectivity index (χ0) is 20.9. The number of carbonyl (C=O) groups is 1. The number of benzene rings is 1. The summed E-state index contributed by atoms with van der Waals surface area (Å²) in [5.41, 5.74) is 0.113. The van der Waals surface area contributed by atoms with Crippen LogP contribution in [-0.4, -0.2) is 35.0 Å². The second-order valence-electron chi connectivity index (χ2n) is 5.45. The molecule has 1 aromatic carbocycles. The maximum Gasteiger partial charge on any atom is 0.573 e. The van der Waals surface area contributed by atoms with Gasteiger partial charge in [0.15, 0.2) is 6.61 Å². The Morgan fingerprint density at radius 2 is 1.86 bits per heavy atom. The van der Waals surface area contributed by atoms with Gasteiger partial charge in [-0.25, -0.2) is 4.98 Å². The van der Waals surface area contributed by atoms with Crippen molar-refractivity contribution in [3.05, 3.63) is 47.9 Å². The van der Waals surface area contributed by atoms with E-state index in [1.54, 1.807) is 0 Å². The number of nitrogens with zero attached hydrogens (tertiary/aromatic N) is 2. The highest BCUT2D eigenvalue weighted by Crippen LogP contribution is 2.23. The lowest BCUT2D eigenvalue weighted by Gasteiger charge is -2.15. The fourth-order valence-electron chi connectivity index (χ4n) is 1.97. The number of nitrogens with one attached hydrogen (secondary N) is 1. The van der Waals surface area contributed by atoms with Gasteiger partial charge in [-0.05, 0) is 25.1 Å². The molecule has 1 amide bonds. The van der Waals surface area contributed by atoms with E-state index in [4.69, 9.17) is 0 Å². The summed E-state index contributed by atoms with van der Waals surface area (Å²) in [7, 11) is 0. The lowest BCUT2D eigenvalue weighted by atomic mass is 10.1. The summed E-state index contributed by atoms with van der Waals surface area (Å²) < 4.78 is 81.1. The van der Waals surface area contributed by atoms with Crippen molar-refractivity contribution in [1.82, 2.24) is 15.3 Å². The minimum atomic E-state index is -4.89. The largest absolute Gasteiger partial charge is 0.573 e. The Bertz CT molecular complexity index is 809. The molecule has 2 rings (SSSR count). The molecule has 2 aromatic rings. The molecule has 1 N–H and O–H groups in total. The molecular formula is C16H13F6N3O3. The van der Waals surface area contributed by atoms with Gasteiger partial charge in [-0.2, -0.15) is 13.2 Å². The Kier molecular flexibility index (Phi) is 6.31. The molecule has 6 nitrogen and oxygen atoms in total. The smallest absolute Gasteiger partial charge is 0.467 e. The van der Waals surface area contributed by atoms with Gasteiger partial charge in [0.1, 0.15) is 5.75 Å². The zero-order valence-electron chi connectivity index (χ0n) is 14.1. The monoisotopic (exact) mass is 409 g/mol. The molecule has 0 radical (unpaired) electrons. The first-order valence-electron chi connectivity index (χ1n) is 7.61. The van der Waals surface area contributed by atoms with Crippen LogP contribution in [0.3, 0.4) is 0 Å². The summed E-state index contributed by atoms with van der Waals surface area (Å²) >= 11 is 0. The molecule has 0 spiro atoms. The Morgan fingerprint density at radius 1 is 1.14 bits per heavy atom. The van der Waals surface area contributed by atoms with Gasteiger partial charge in [-0.3, -0.25) is 9.78 Å². The number of rotatable bonds is 6. The molecule has 28 heavy (non-hydrogen) atoms. The van der Waals surface area contributed by atoms with Crippen LogP contribution in [0.25, 0.3) is 0 Å².